The molecule has 2 heterocycles. The van der Waals surface area contributed by atoms with Crippen LogP contribution in [0.5, 0.6) is 5.75 Å². The molecule has 1 aliphatic heterocycles. The van der Waals surface area contributed by atoms with E-state index in [0.29, 0.717) is 31.2 Å². The lowest BCUT2D eigenvalue weighted by atomic mass is 10.2. The number of hydrogen-bond acceptors (Lipinski definition) is 6. The molecular weight excluding hydrogens is 344 g/mol. The van der Waals surface area contributed by atoms with E-state index in [1.807, 2.05) is 36.1 Å². The summed E-state index contributed by atoms with van der Waals surface area (Å²) in [5.74, 6) is 1.97. The fourth-order valence-corrected chi connectivity index (χ4v) is 2.63. The van der Waals surface area contributed by atoms with E-state index in [1.54, 1.807) is 0 Å². The Morgan fingerprint density at radius 2 is 2.00 bits per heavy atom. The molecule has 2 aromatic rings. The topological polar surface area (TPSA) is 80.5 Å². The van der Waals surface area contributed by atoms with E-state index in [9.17, 15) is 4.79 Å². The van der Waals surface area contributed by atoms with Crippen LogP contribution in [0.1, 0.15) is 19.2 Å². The van der Waals surface area contributed by atoms with Crippen molar-refractivity contribution in [1.29, 1.82) is 0 Å². The maximum absolute atomic E-state index is 12.1. The molecule has 136 valence electrons. The molecule has 0 bridgehead atoms. The second-order valence-electron chi connectivity index (χ2n) is 5.60. The minimum Gasteiger partial charge on any atom is -0.494 e. The van der Waals surface area contributed by atoms with Gasteiger partial charge in [0.2, 0.25) is 17.6 Å². The Labute approximate surface area is 153 Å². The third kappa shape index (κ3) is 5.17. The van der Waals surface area contributed by atoms with Crippen LogP contribution in [-0.2, 0) is 11.2 Å². The highest BCUT2D eigenvalue weighted by Crippen LogP contribution is 2.20. The quantitative estimate of drug-likeness (QED) is 0.841. The van der Waals surface area contributed by atoms with Gasteiger partial charge in [-0.1, -0.05) is 5.16 Å². The van der Waals surface area contributed by atoms with Gasteiger partial charge in [0.05, 0.1) is 6.61 Å². The zero-order valence-electron chi connectivity index (χ0n) is 14.2. The molecule has 0 radical (unpaired) electrons. The number of amides is 1. The Kier molecular flexibility index (Phi) is 7.21. The molecule has 1 saturated heterocycles. The molecule has 0 unspecified atom stereocenters. The Balaban J connectivity index is 0.00000225. The molecule has 1 aromatic heterocycles. The van der Waals surface area contributed by atoms with E-state index in [4.69, 9.17) is 9.26 Å². The third-order valence-corrected chi connectivity index (χ3v) is 3.91. The summed E-state index contributed by atoms with van der Waals surface area (Å²) in [4.78, 5) is 18.4. The van der Waals surface area contributed by atoms with Gasteiger partial charge in [0.15, 0.2) is 0 Å². The Morgan fingerprint density at radius 1 is 1.28 bits per heavy atom. The number of hydrogen-bond donors (Lipinski definition) is 1. The summed E-state index contributed by atoms with van der Waals surface area (Å²) in [6.07, 6.45) is 0.859. The Hall–Kier alpha value is -2.12. The first-order chi connectivity index (χ1) is 11.8. The molecule has 0 spiro atoms. The molecule has 0 saturated carbocycles. The van der Waals surface area contributed by atoms with E-state index in [2.05, 4.69) is 15.5 Å². The summed E-state index contributed by atoms with van der Waals surface area (Å²) in [5.41, 5.74) is 0.863. The highest BCUT2D eigenvalue weighted by Gasteiger charge is 2.17. The van der Waals surface area contributed by atoms with Gasteiger partial charge in [0, 0.05) is 44.6 Å². The lowest BCUT2D eigenvalue weighted by molar-refractivity contribution is -0.131. The van der Waals surface area contributed by atoms with Crippen molar-refractivity contribution in [2.45, 2.75) is 19.8 Å². The molecule has 8 heteroatoms. The van der Waals surface area contributed by atoms with Crippen molar-refractivity contribution in [1.82, 2.24) is 20.4 Å². The number of aromatic nitrogens is 2. The van der Waals surface area contributed by atoms with Gasteiger partial charge in [-0.25, -0.2) is 0 Å². The molecule has 0 aliphatic carbocycles. The van der Waals surface area contributed by atoms with Crippen molar-refractivity contribution in [3.8, 4) is 17.1 Å². The molecular formula is C17H23ClN4O3. The van der Waals surface area contributed by atoms with Crippen molar-refractivity contribution in [3.63, 3.8) is 0 Å². The van der Waals surface area contributed by atoms with Crippen molar-refractivity contribution in [3.05, 3.63) is 30.2 Å². The van der Waals surface area contributed by atoms with Gasteiger partial charge in [-0.15, -0.1) is 12.4 Å². The second-order valence-corrected chi connectivity index (χ2v) is 5.60. The molecule has 25 heavy (non-hydrogen) atoms. The number of aryl methyl sites for hydroxylation is 1. The van der Waals surface area contributed by atoms with Crippen LogP contribution in [0, 0.1) is 0 Å². The number of piperazine rings is 1. The molecule has 1 aromatic carbocycles. The fourth-order valence-electron chi connectivity index (χ4n) is 2.63. The Bertz CT molecular complexity index is 669. The maximum Gasteiger partial charge on any atom is 0.227 e. The number of halogens is 1. The van der Waals surface area contributed by atoms with Gasteiger partial charge in [-0.05, 0) is 31.2 Å². The number of nitrogens with one attached hydrogen (secondary N) is 1. The number of carbonyl (C=O) groups excluding carboxylic acids is 1. The van der Waals surface area contributed by atoms with Gasteiger partial charge in [-0.2, -0.15) is 4.98 Å². The van der Waals surface area contributed by atoms with E-state index in [0.717, 1.165) is 37.5 Å². The summed E-state index contributed by atoms with van der Waals surface area (Å²) >= 11 is 0. The van der Waals surface area contributed by atoms with Crippen LogP contribution in [0.25, 0.3) is 11.4 Å². The van der Waals surface area contributed by atoms with Crippen molar-refractivity contribution < 1.29 is 14.1 Å². The number of benzene rings is 1. The summed E-state index contributed by atoms with van der Waals surface area (Å²) in [6, 6.07) is 7.54. The number of nitrogens with zero attached hydrogens (tertiary/aromatic N) is 3. The van der Waals surface area contributed by atoms with E-state index < -0.39 is 0 Å². The highest BCUT2D eigenvalue weighted by atomic mass is 35.5. The van der Waals surface area contributed by atoms with Crippen LogP contribution in [0.3, 0.4) is 0 Å². The maximum atomic E-state index is 12.1. The number of ether oxygens (including phenoxy) is 1. The standard InChI is InChI=1S/C17H22N4O3.ClH/c1-2-23-14-5-3-13(4-6-14)17-19-15(24-20-17)7-8-16(22)21-11-9-18-10-12-21;/h3-6,18H,2,7-12H2,1H3;1H. The number of rotatable bonds is 6. The zero-order chi connectivity index (χ0) is 16.8. The van der Waals surface area contributed by atoms with Gasteiger partial charge in [-0.3, -0.25) is 4.79 Å². The van der Waals surface area contributed by atoms with Gasteiger partial charge < -0.3 is 19.5 Å². The van der Waals surface area contributed by atoms with E-state index >= 15 is 0 Å². The van der Waals surface area contributed by atoms with Crippen LogP contribution < -0.4 is 10.1 Å². The average molecular weight is 367 g/mol. The largest absolute Gasteiger partial charge is 0.494 e. The van der Waals surface area contributed by atoms with Crippen LogP contribution in [-0.4, -0.2) is 53.7 Å². The zero-order valence-corrected chi connectivity index (χ0v) is 15.1. The minimum absolute atomic E-state index is 0. The summed E-state index contributed by atoms with van der Waals surface area (Å²) in [5, 5.41) is 7.22. The molecule has 0 atom stereocenters. The monoisotopic (exact) mass is 366 g/mol. The summed E-state index contributed by atoms with van der Waals surface area (Å²) < 4.78 is 10.7. The van der Waals surface area contributed by atoms with Crippen LogP contribution in [0.15, 0.2) is 28.8 Å². The molecule has 1 fully saturated rings. The van der Waals surface area contributed by atoms with Crippen molar-refractivity contribution in [2.75, 3.05) is 32.8 Å². The van der Waals surface area contributed by atoms with Crippen molar-refractivity contribution >= 4 is 18.3 Å². The normalized spacial score (nSPS) is 14.0. The summed E-state index contributed by atoms with van der Waals surface area (Å²) in [7, 11) is 0. The second kappa shape index (κ2) is 9.39. The Morgan fingerprint density at radius 3 is 2.68 bits per heavy atom. The first kappa shape index (κ1) is 19.2. The summed E-state index contributed by atoms with van der Waals surface area (Å²) in [6.45, 7) is 5.82. The number of carbonyl (C=O) groups is 1. The average Bonchev–Trinajstić information content (AvgIpc) is 3.10. The van der Waals surface area contributed by atoms with Crippen LogP contribution in [0.4, 0.5) is 0 Å². The molecule has 1 aliphatic rings. The lowest BCUT2D eigenvalue weighted by Gasteiger charge is -2.27. The lowest BCUT2D eigenvalue weighted by Crippen LogP contribution is -2.46. The smallest absolute Gasteiger partial charge is 0.227 e. The first-order valence-corrected chi connectivity index (χ1v) is 8.30. The van der Waals surface area contributed by atoms with Gasteiger partial charge >= 0.3 is 0 Å². The third-order valence-electron chi connectivity index (χ3n) is 3.91. The molecule has 7 nitrogen and oxygen atoms in total. The van der Waals surface area contributed by atoms with Crippen molar-refractivity contribution in [2.24, 2.45) is 0 Å². The molecule has 1 amide bonds. The van der Waals surface area contributed by atoms with E-state index in [1.165, 1.54) is 0 Å². The fraction of sp³-hybridized carbons (Fsp3) is 0.471. The first-order valence-electron chi connectivity index (χ1n) is 8.30. The van der Waals surface area contributed by atoms with Crippen LogP contribution in [0.2, 0.25) is 0 Å². The van der Waals surface area contributed by atoms with Crippen LogP contribution >= 0.6 is 12.4 Å². The van der Waals surface area contributed by atoms with Gasteiger partial charge in [0.1, 0.15) is 5.75 Å². The van der Waals surface area contributed by atoms with Gasteiger partial charge in [0.25, 0.3) is 0 Å². The minimum atomic E-state index is 0. The highest BCUT2D eigenvalue weighted by molar-refractivity contribution is 5.85. The predicted octanol–water partition coefficient (Wildman–Crippen LogP) is 1.92. The molecule has 3 rings (SSSR count). The predicted molar refractivity (Wildman–Crippen MR) is 95.9 cm³/mol. The molecule has 1 N–H and O–H groups in total. The van der Waals surface area contributed by atoms with E-state index in [-0.39, 0.29) is 18.3 Å². The SMILES string of the molecule is CCOc1ccc(-c2noc(CCC(=O)N3CCNCC3)n2)cc1.Cl.